The molecule has 1 aromatic heterocycles. The van der Waals surface area contributed by atoms with Crippen molar-refractivity contribution in [1.82, 2.24) is 4.98 Å². The molecule has 70 valence electrons. The molecule has 3 nitrogen and oxygen atoms in total. The van der Waals surface area contributed by atoms with Gasteiger partial charge < -0.3 is 9.90 Å². The first-order valence-electron chi connectivity index (χ1n) is 3.94. The molecule has 0 atom stereocenters. The van der Waals surface area contributed by atoms with Crippen molar-refractivity contribution < 1.29 is 43.8 Å². The van der Waals surface area contributed by atoms with Gasteiger partial charge >= 0.3 is 29.6 Å². The van der Waals surface area contributed by atoms with Gasteiger partial charge in [0.05, 0.1) is 11.5 Å². The van der Waals surface area contributed by atoms with Gasteiger partial charge in [-0.3, -0.25) is 4.98 Å². The van der Waals surface area contributed by atoms with Crippen LogP contribution in [0.4, 0.5) is 4.39 Å². The van der Waals surface area contributed by atoms with Crippen molar-refractivity contribution in [3.63, 3.8) is 0 Å². The second kappa shape index (κ2) is 4.70. The maximum atomic E-state index is 12.8. The van der Waals surface area contributed by atoms with E-state index in [1.807, 2.05) is 0 Å². The number of aromatic nitrogens is 1. The molecule has 1 aromatic carbocycles. The number of pyridine rings is 1. The normalized spacial score (nSPS) is 9.67. The summed E-state index contributed by atoms with van der Waals surface area (Å²) in [5.41, 5.74) is 0.391. The smallest absolute Gasteiger partial charge is 0.545 e. The Hall–Kier alpha value is -0.970. The molecule has 0 aliphatic heterocycles. The maximum absolute atomic E-state index is 12.8. The van der Waals surface area contributed by atoms with E-state index in [9.17, 15) is 14.3 Å². The van der Waals surface area contributed by atoms with Crippen LogP contribution in [0, 0.1) is 5.82 Å². The maximum Gasteiger partial charge on any atom is 1.00 e. The van der Waals surface area contributed by atoms with Crippen molar-refractivity contribution in [3.8, 4) is 0 Å². The molecule has 0 fully saturated rings. The number of carboxylic acids is 1. The zero-order valence-electron chi connectivity index (χ0n) is 8.03. The van der Waals surface area contributed by atoms with Crippen LogP contribution in [-0.4, -0.2) is 11.0 Å². The Morgan fingerprint density at radius 3 is 2.73 bits per heavy atom. The van der Waals surface area contributed by atoms with E-state index in [1.54, 1.807) is 0 Å². The third-order valence-corrected chi connectivity index (χ3v) is 1.92. The fraction of sp³-hybridized carbons (Fsp3) is 0. The van der Waals surface area contributed by atoms with Crippen molar-refractivity contribution in [3.05, 3.63) is 41.8 Å². The topological polar surface area (TPSA) is 53.0 Å². The SMILES string of the molecule is O=C([O-])c1ccnc2ccc(F)cc12.[Na+]. The number of carbonyl (C=O) groups excluding carboxylic acids is 1. The number of rotatable bonds is 1. The second-order valence-corrected chi connectivity index (χ2v) is 2.81. The van der Waals surface area contributed by atoms with Crippen LogP contribution < -0.4 is 34.7 Å². The molecule has 0 aliphatic carbocycles. The number of halogens is 1. The number of benzene rings is 1. The average Bonchev–Trinajstić information content (AvgIpc) is 2.16. The summed E-state index contributed by atoms with van der Waals surface area (Å²) >= 11 is 0. The van der Waals surface area contributed by atoms with Crippen molar-refractivity contribution in [2.75, 3.05) is 0 Å². The number of hydrogen-bond donors (Lipinski definition) is 0. The fourth-order valence-electron chi connectivity index (χ4n) is 1.30. The quantitative estimate of drug-likeness (QED) is 0.502. The zero-order chi connectivity index (χ0) is 10.1. The van der Waals surface area contributed by atoms with E-state index in [2.05, 4.69) is 4.98 Å². The average molecular weight is 213 g/mol. The van der Waals surface area contributed by atoms with Crippen LogP contribution in [0.25, 0.3) is 10.9 Å². The van der Waals surface area contributed by atoms with Gasteiger partial charge in [0, 0.05) is 17.1 Å². The first-order valence-corrected chi connectivity index (χ1v) is 3.94. The number of nitrogens with zero attached hydrogens (tertiary/aromatic N) is 1. The molecule has 0 amide bonds. The van der Waals surface area contributed by atoms with Crippen LogP contribution in [0.1, 0.15) is 10.4 Å². The summed E-state index contributed by atoms with van der Waals surface area (Å²) in [4.78, 5) is 14.6. The van der Waals surface area contributed by atoms with E-state index in [0.717, 1.165) is 6.07 Å². The van der Waals surface area contributed by atoms with E-state index in [-0.39, 0.29) is 40.5 Å². The molecule has 15 heavy (non-hydrogen) atoms. The summed E-state index contributed by atoms with van der Waals surface area (Å²) in [6.45, 7) is 0. The Balaban J connectivity index is 0.00000112. The van der Waals surface area contributed by atoms with Crippen LogP contribution in [0.3, 0.4) is 0 Å². The summed E-state index contributed by atoms with van der Waals surface area (Å²) in [7, 11) is 0. The number of carboxylic acid groups (broad SMARTS) is 1. The monoisotopic (exact) mass is 213 g/mol. The molecule has 0 saturated heterocycles. The van der Waals surface area contributed by atoms with E-state index >= 15 is 0 Å². The molecule has 0 bridgehead atoms. The first kappa shape index (κ1) is 12.1. The number of fused-ring (bicyclic) bond motifs is 1. The first-order chi connectivity index (χ1) is 6.68. The second-order valence-electron chi connectivity index (χ2n) is 2.81. The minimum absolute atomic E-state index is 0. The molecule has 0 N–H and O–H groups in total. The number of hydrogen-bond acceptors (Lipinski definition) is 3. The number of aromatic carboxylic acids is 1. The van der Waals surface area contributed by atoms with Gasteiger partial charge in [-0.2, -0.15) is 0 Å². The molecule has 2 rings (SSSR count). The van der Waals surface area contributed by atoms with Crippen molar-refractivity contribution >= 4 is 16.9 Å². The Morgan fingerprint density at radius 1 is 1.33 bits per heavy atom. The summed E-state index contributed by atoms with van der Waals surface area (Å²) in [6.07, 6.45) is 1.35. The summed E-state index contributed by atoms with van der Waals surface area (Å²) in [5, 5.41) is 10.9. The van der Waals surface area contributed by atoms with Crippen LogP contribution in [0.5, 0.6) is 0 Å². The molecule has 2 aromatic rings. The summed E-state index contributed by atoms with van der Waals surface area (Å²) in [5.74, 6) is -1.82. The standard InChI is InChI=1S/C10H6FNO2.Na/c11-6-1-2-9-8(5-6)7(10(13)14)3-4-12-9;/h1-5H,(H,13,14);/q;+1/p-1. The third kappa shape index (κ3) is 2.34. The zero-order valence-corrected chi connectivity index (χ0v) is 10.0. The molecular formula is C10H5FNNaO2. The Morgan fingerprint density at radius 2 is 2.07 bits per heavy atom. The van der Waals surface area contributed by atoms with Gasteiger partial charge in [-0.1, -0.05) is 0 Å². The van der Waals surface area contributed by atoms with Crippen LogP contribution in [0.15, 0.2) is 30.5 Å². The van der Waals surface area contributed by atoms with Gasteiger partial charge in [-0.05, 0) is 24.3 Å². The van der Waals surface area contributed by atoms with Crippen LogP contribution in [0.2, 0.25) is 0 Å². The molecule has 0 unspecified atom stereocenters. The van der Waals surface area contributed by atoms with Gasteiger partial charge in [-0.25, -0.2) is 4.39 Å². The minimum Gasteiger partial charge on any atom is -0.545 e. The number of carbonyl (C=O) groups is 1. The van der Waals surface area contributed by atoms with E-state index in [0.29, 0.717) is 5.52 Å². The van der Waals surface area contributed by atoms with E-state index in [4.69, 9.17) is 0 Å². The third-order valence-electron chi connectivity index (χ3n) is 1.92. The van der Waals surface area contributed by atoms with Gasteiger partial charge in [0.2, 0.25) is 0 Å². The fourth-order valence-corrected chi connectivity index (χ4v) is 1.30. The van der Waals surface area contributed by atoms with Crippen LogP contribution in [-0.2, 0) is 0 Å². The summed E-state index contributed by atoms with van der Waals surface area (Å²) in [6, 6.07) is 5.08. The molecular weight excluding hydrogens is 208 g/mol. The Labute approximate surface area is 107 Å². The molecule has 0 radical (unpaired) electrons. The van der Waals surface area contributed by atoms with Crippen molar-refractivity contribution in [2.45, 2.75) is 0 Å². The van der Waals surface area contributed by atoms with Gasteiger partial charge in [0.1, 0.15) is 5.82 Å². The van der Waals surface area contributed by atoms with Gasteiger partial charge in [-0.15, -0.1) is 0 Å². The predicted molar refractivity (Wildman–Crippen MR) is 46.0 cm³/mol. The van der Waals surface area contributed by atoms with Gasteiger partial charge in [0.15, 0.2) is 0 Å². The van der Waals surface area contributed by atoms with E-state index < -0.39 is 11.8 Å². The molecule has 0 saturated carbocycles. The Kier molecular flexibility index (Phi) is 3.79. The molecule has 0 spiro atoms. The minimum atomic E-state index is -1.33. The molecule has 5 heteroatoms. The molecule has 1 heterocycles. The van der Waals surface area contributed by atoms with Gasteiger partial charge in [0.25, 0.3) is 0 Å². The van der Waals surface area contributed by atoms with Crippen molar-refractivity contribution in [1.29, 1.82) is 0 Å². The molecule has 0 aliphatic rings. The summed E-state index contributed by atoms with van der Waals surface area (Å²) < 4.78 is 12.8. The van der Waals surface area contributed by atoms with Crippen LogP contribution >= 0.6 is 0 Å². The predicted octanol–water partition coefficient (Wildman–Crippen LogP) is -2.26. The Bertz CT molecular complexity index is 516. The van der Waals surface area contributed by atoms with Crippen molar-refractivity contribution in [2.24, 2.45) is 0 Å². The van der Waals surface area contributed by atoms with E-state index in [1.165, 1.54) is 24.4 Å². The largest absolute Gasteiger partial charge is 1.00 e.